The summed E-state index contributed by atoms with van der Waals surface area (Å²) in [5, 5.41) is 0.369. The van der Waals surface area contributed by atoms with Crippen LogP contribution < -0.4 is 0 Å². The molecule has 90 valence electrons. The number of benzene rings is 1. The summed E-state index contributed by atoms with van der Waals surface area (Å²) in [6.45, 7) is 0. The number of carbonyl (C=O) groups is 1. The quantitative estimate of drug-likeness (QED) is 0.595. The monoisotopic (exact) mass is 280 g/mol. The van der Waals surface area contributed by atoms with Gasteiger partial charge in [-0.3, -0.25) is 0 Å². The summed E-state index contributed by atoms with van der Waals surface area (Å²) < 4.78 is 5.29. The van der Waals surface area contributed by atoms with Crippen LogP contribution in [0.3, 0.4) is 0 Å². The predicted molar refractivity (Wildman–Crippen MR) is 65.8 cm³/mol. The molecule has 0 radical (unpaired) electrons. The van der Waals surface area contributed by atoms with Gasteiger partial charge < -0.3 is 4.74 Å². The van der Waals surface area contributed by atoms with Crippen molar-refractivity contribution in [2.24, 2.45) is 0 Å². The molecule has 1 aromatic heterocycles. The van der Waals surface area contributed by atoms with Crippen LogP contribution in [0.1, 0.15) is 27.6 Å². The molecule has 0 N–H and O–H groups in total. The fraction of sp³-hybridized carbons (Fsp3) is 0.0833. The molecule has 4 nitrogen and oxygen atoms in total. The van der Waals surface area contributed by atoms with Crippen molar-refractivity contribution in [2.45, 2.75) is 6.10 Å². The minimum Gasteiger partial charge on any atom is -0.449 e. The molecule has 1 aliphatic rings. The first-order chi connectivity index (χ1) is 8.68. The van der Waals surface area contributed by atoms with Crippen molar-refractivity contribution < 1.29 is 9.53 Å². The first-order valence-corrected chi connectivity index (χ1v) is 5.90. The Morgan fingerprint density at radius 2 is 1.78 bits per heavy atom. The standard InChI is InChI=1S/C12H6Cl2N2O2/c13-10-8(11(14)16-5-15-10)9-6-3-1-2-4-7(6)12(17)18-9/h1-5,9H. The zero-order valence-corrected chi connectivity index (χ0v) is 10.4. The Labute approximate surface area is 113 Å². The van der Waals surface area contributed by atoms with E-state index >= 15 is 0 Å². The lowest BCUT2D eigenvalue weighted by atomic mass is 10.0. The fourth-order valence-corrected chi connectivity index (χ4v) is 2.44. The largest absolute Gasteiger partial charge is 0.449 e. The van der Waals surface area contributed by atoms with Crippen molar-refractivity contribution in [3.05, 3.63) is 57.6 Å². The Kier molecular flexibility index (Phi) is 2.69. The summed E-state index contributed by atoms with van der Waals surface area (Å²) in [6.07, 6.45) is 0.617. The van der Waals surface area contributed by atoms with E-state index in [0.29, 0.717) is 11.1 Å². The van der Waals surface area contributed by atoms with Crippen molar-refractivity contribution >= 4 is 29.2 Å². The highest BCUT2D eigenvalue weighted by atomic mass is 35.5. The number of fused-ring (bicyclic) bond motifs is 1. The summed E-state index contributed by atoms with van der Waals surface area (Å²) in [4.78, 5) is 19.4. The molecule has 2 heterocycles. The SMILES string of the molecule is O=C1OC(c2c(Cl)ncnc2Cl)c2ccccc21. The van der Waals surface area contributed by atoms with E-state index in [1.807, 2.05) is 6.07 Å². The van der Waals surface area contributed by atoms with Crippen LogP contribution in [0.2, 0.25) is 10.3 Å². The van der Waals surface area contributed by atoms with Crippen LogP contribution >= 0.6 is 23.2 Å². The third-order valence-electron chi connectivity index (χ3n) is 2.74. The van der Waals surface area contributed by atoms with Gasteiger partial charge >= 0.3 is 5.97 Å². The van der Waals surface area contributed by atoms with Crippen LogP contribution in [0.15, 0.2) is 30.6 Å². The van der Waals surface area contributed by atoms with E-state index in [0.717, 1.165) is 5.56 Å². The van der Waals surface area contributed by atoms with Gasteiger partial charge in [-0.2, -0.15) is 0 Å². The molecule has 0 saturated carbocycles. The van der Waals surface area contributed by atoms with Crippen molar-refractivity contribution in [2.75, 3.05) is 0 Å². The molecule has 2 aromatic rings. The molecule has 0 amide bonds. The summed E-state index contributed by atoms with van der Waals surface area (Å²) in [5.74, 6) is -0.397. The second-order valence-electron chi connectivity index (χ2n) is 3.74. The fourth-order valence-electron chi connectivity index (χ4n) is 1.93. The van der Waals surface area contributed by atoms with E-state index < -0.39 is 12.1 Å². The molecule has 1 atom stereocenters. The summed E-state index contributed by atoms with van der Waals surface area (Å²) in [5.41, 5.74) is 1.65. The van der Waals surface area contributed by atoms with Gasteiger partial charge in [-0.25, -0.2) is 14.8 Å². The van der Waals surface area contributed by atoms with Crippen LogP contribution in [0.4, 0.5) is 0 Å². The number of ether oxygens (including phenoxy) is 1. The maximum Gasteiger partial charge on any atom is 0.339 e. The molecule has 3 rings (SSSR count). The number of hydrogen-bond donors (Lipinski definition) is 0. The Hall–Kier alpha value is -1.65. The van der Waals surface area contributed by atoms with Crippen LogP contribution in [0, 0.1) is 0 Å². The normalized spacial score (nSPS) is 17.4. The maximum absolute atomic E-state index is 11.7. The third-order valence-corrected chi connectivity index (χ3v) is 3.34. The van der Waals surface area contributed by atoms with E-state index in [9.17, 15) is 4.79 Å². The van der Waals surface area contributed by atoms with Crippen molar-refractivity contribution in [1.82, 2.24) is 9.97 Å². The van der Waals surface area contributed by atoms with Crippen LogP contribution in [-0.2, 0) is 4.74 Å². The van der Waals surface area contributed by atoms with Gasteiger partial charge in [-0.15, -0.1) is 0 Å². The van der Waals surface area contributed by atoms with Crippen molar-refractivity contribution in [1.29, 1.82) is 0 Å². The Bertz CT molecular complexity index is 625. The number of rotatable bonds is 1. The number of halogens is 2. The minimum absolute atomic E-state index is 0.185. The van der Waals surface area contributed by atoms with Crippen molar-refractivity contribution in [3.8, 4) is 0 Å². The first-order valence-electron chi connectivity index (χ1n) is 5.14. The lowest BCUT2D eigenvalue weighted by Crippen LogP contribution is -2.04. The molecule has 6 heteroatoms. The van der Waals surface area contributed by atoms with Gasteiger partial charge in [0.15, 0.2) is 6.10 Å². The smallest absolute Gasteiger partial charge is 0.339 e. The molecular weight excluding hydrogens is 275 g/mol. The molecule has 0 bridgehead atoms. The third kappa shape index (κ3) is 1.65. The maximum atomic E-state index is 11.7. The second-order valence-corrected chi connectivity index (χ2v) is 4.46. The summed E-state index contributed by atoms with van der Waals surface area (Å²) in [7, 11) is 0. The summed E-state index contributed by atoms with van der Waals surface area (Å²) in [6, 6.07) is 7.08. The highest BCUT2D eigenvalue weighted by Gasteiger charge is 2.35. The molecule has 0 spiro atoms. The predicted octanol–water partition coefficient (Wildman–Crippen LogP) is 3.04. The molecule has 1 aliphatic heterocycles. The van der Waals surface area contributed by atoms with Gasteiger partial charge in [-0.1, -0.05) is 41.4 Å². The van der Waals surface area contributed by atoms with E-state index in [1.54, 1.807) is 18.2 Å². The second kappa shape index (κ2) is 4.23. The average Bonchev–Trinajstić information content (AvgIpc) is 2.68. The van der Waals surface area contributed by atoms with Crippen LogP contribution in [0.5, 0.6) is 0 Å². The number of hydrogen-bond acceptors (Lipinski definition) is 4. The highest BCUT2D eigenvalue weighted by molar-refractivity contribution is 6.34. The first kappa shape index (κ1) is 11.4. The zero-order valence-electron chi connectivity index (χ0n) is 8.93. The molecule has 1 unspecified atom stereocenters. The molecular formula is C12H6Cl2N2O2. The van der Waals surface area contributed by atoms with Crippen LogP contribution in [-0.4, -0.2) is 15.9 Å². The van der Waals surface area contributed by atoms with Gasteiger partial charge in [-0.05, 0) is 6.07 Å². The lowest BCUT2D eigenvalue weighted by molar-refractivity contribution is 0.0455. The molecule has 1 aromatic carbocycles. The Balaban J connectivity index is 2.18. The molecule has 0 aliphatic carbocycles. The van der Waals surface area contributed by atoms with Gasteiger partial charge in [0.05, 0.1) is 11.1 Å². The van der Waals surface area contributed by atoms with E-state index in [2.05, 4.69) is 9.97 Å². The number of carbonyl (C=O) groups excluding carboxylic acids is 1. The number of nitrogens with zero attached hydrogens (tertiary/aromatic N) is 2. The molecule has 0 fully saturated rings. The minimum atomic E-state index is -0.644. The average molecular weight is 281 g/mol. The van der Waals surface area contributed by atoms with Gasteiger partial charge in [0.25, 0.3) is 0 Å². The van der Waals surface area contributed by atoms with Crippen molar-refractivity contribution in [3.63, 3.8) is 0 Å². The van der Waals surface area contributed by atoms with Gasteiger partial charge in [0.2, 0.25) is 0 Å². The highest BCUT2D eigenvalue weighted by Crippen LogP contribution is 2.40. The van der Waals surface area contributed by atoms with E-state index in [4.69, 9.17) is 27.9 Å². The lowest BCUT2D eigenvalue weighted by Gasteiger charge is -2.12. The zero-order chi connectivity index (χ0) is 12.7. The van der Waals surface area contributed by atoms with E-state index in [-0.39, 0.29) is 10.3 Å². The van der Waals surface area contributed by atoms with Crippen LogP contribution in [0.25, 0.3) is 0 Å². The number of esters is 1. The van der Waals surface area contributed by atoms with E-state index in [1.165, 1.54) is 6.33 Å². The number of cyclic esters (lactones) is 1. The van der Waals surface area contributed by atoms with Gasteiger partial charge in [0, 0.05) is 5.56 Å². The molecule has 18 heavy (non-hydrogen) atoms. The van der Waals surface area contributed by atoms with Gasteiger partial charge in [0.1, 0.15) is 16.6 Å². The molecule has 0 saturated heterocycles. The Morgan fingerprint density at radius 1 is 1.11 bits per heavy atom. The Morgan fingerprint density at radius 3 is 2.50 bits per heavy atom. The number of aromatic nitrogens is 2. The topological polar surface area (TPSA) is 52.1 Å². The summed E-state index contributed by atoms with van der Waals surface area (Å²) >= 11 is 12.0.